The predicted molar refractivity (Wildman–Crippen MR) is 84.2 cm³/mol. The minimum atomic E-state index is -0.195. The van der Waals surface area contributed by atoms with Crippen molar-refractivity contribution in [3.63, 3.8) is 0 Å². The van der Waals surface area contributed by atoms with Crippen LogP contribution in [0.2, 0.25) is 0 Å². The van der Waals surface area contributed by atoms with Crippen molar-refractivity contribution in [2.75, 3.05) is 41.5 Å². The summed E-state index contributed by atoms with van der Waals surface area (Å²) < 4.78 is 15.6. The first-order valence-corrected chi connectivity index (χ1v) is 6.40. The molecule has 0 aliphatic rings. The van der Waals surface area contributed by atoms with E-state index in [-0.39, 0.29) is 18.3 Å². The van der Waals surface area contributed by atoms with E-state index in [9.17, 15) is 4.79 Å². The number of nitrogens with one attached hydrogen (secondary N) is 2. The van der Waals surface area contributed by atoms with Gasteiger partial charge in [0.15, 0.2) is 11.5 Å². The number of carbonyl (C=O) groups is 1. The Labute approximate surface area is 131 Å². The van der Waals surface area contributed by atoms with Crippen molar-refractivity contribution in [2.24, 2.45) is 0 Å². The average Bonchev–Trinajstić information content (AvgIpc) is 2.49. The minimum absolute atomic E-state index is 0. The lowest BCUT2D eigenvalue weighted by Gasteiger charge is -2.14. The first-order valence-electron chi connectivity index (χ1n) is 6.40. The van der Waals surface area contributed by atoms with Gasteiger partial charge in [0.2, 0.25) is 0 Å². The second-order valence-electron chi connectivity index (χ2n) is 4.12. The van der Waals surface area contributed by atoms with Crippen LogP contribution in [0.3, 0.4) is 0 Å². The highest BCUT2D eigenvalue weighted by Gasteiger charge is 2.17. The van der Waals surface area contributed by atoms with Crippen LogP contribution in [0.4, 0.5) is 0 Å². The molecule has 1 aromatic rings. The van der Waals surface area contributed by atoms with Crippen molar-refractivity contribution >= 4 is 18.3 Å². The van der Waals surface area contributed by atoms with E-state index in [4.69, 9.17) is 14.2 Å². The van der Waals surface area contributed by atoms with Crippen LogP contribution in [-0.2, 0) is 0 Å². The van der Waals surface area contributed by atoms with E-state index in [2.05, 4.69) is 10.6 Å². The lowest BCUT2D eigenvalue weighted by molar-refractivity contribution is 0.0950. The van der Waals surface area contributed by atoms with Crippen molar-refractivity contribution in [1.29, 1.82) is 0 Å². The van der Waals surface area contributed by atoms with E-state index < -0.39 is 0 Å². The fourth-order valence-corrected chi connectivity index (χ4v) is 1.77. The van der Waals surface area contributed by atoms with Gasteiger partial charge in [0.05, 0.1) is 26.9 Å². The number of benzene rings is 1. The highest BCUT2D eigenvalue weighted by atomic mass is 35.5. The van der Waals surface area contributed by atoms with Crippen LogP contribution >= 0.6 is 12.4 Å². The van der Waals surface area contributed by atoms with Gasteiger partial charge in [0.25, 0.3) is 5.91 Å². The van der Waals surface area contributed by atoms with E-state index in [0.29, 0.717) is 29.4 Å². The number of carbonyl (C=O) groups excluding carboxylic acids is 1. The van der Waals surface area contributed by atoms with Gasteiger partial charge in [0, 0.05) is 18.7 Å². The summed E-state index contributed by atoms with van der Waals surface area (Å²) in [5, 5.41) is 5.87. The van der Waals surface area contributed by atoms with Crippen LogP contribution in [0.15, 0.2) is 12.1 Å². The van der Waals surface area contributed by atoms with Gasteiger partial charge in [-0.15, -0.1) is 12.4 Å². The topological polar surface area (TPSA) is 68.8 Å². The zero-order chi connectivity index (χ0) is 15.0. The van der Waals surface area contributed by atoms with Gasteiger partial charge in [-0.2, -0.15) is 0 Å². The lowest BCUT2D eigenvalue weighted by Crippen LogP contribution is -2.27. The van der Waals surface area contributed by atoms with Crippen molar-refractivity contribution < 1.29 is 19.0 Å². The number of methoxy groups -OCH3 is 3. The maximum atomic E-state index is 12.1. The Bertz CT molecular complexity index is 455. The Hall–Kier alpha value is -1.66. The van der Waals surface area contributed by atoms with E-state index >= 15 is 0 Å². The molecule has 1 aromatic carbocycles. The molecule has 1 rings (SSSR count). The number of halogens is 1. The Kier molecular flexibility index (Phi) is 9.32. The number of ether oxygens (including phenoxy) is 3. The van der Waals surface area contributed by atoms with Crippen LogP contribution in [0, 0.1) is 0 Å². The highest BCUT2D eigenvalue weighted by molar-refractivity contribution is 5.97. The number of hydrogen-bond acceptors (Lipinski definition) is 5. The van der Waals surface area contributed by atoms with Crippen LogP contribution in [0.5, 0.6) is 17.2 Å². The minimum Gasteiger partial charge on any atom is -0.496 e. The molecule has 0 aliphatic carbocycles. The van der Waals surface area contributed by atoms with E-state index in [0.717, 1.165) is 13.0 Å². The highest BCUT2D eigenvalue weighted by Crippen LogP contribution is 2.34. The van der Waals surface area contributed by atoms with Crippen molar-refractivity contribution in [1.82, 2.24) is 10.6 Å². The van der Waals surface area contributed by atoms with Gasteiger partial charge in [-0.1, -0.05) is 0 Å². The first kappa shape index (κ1) is 19.3. The molecule has 0 unspecified atom stereocenters. The second-order valence-corrected chi connectivity index (χ2v) is 4.12. The monoisotopic (exact) mass is 318 g/mol. The smallest absolute Gasteiger partial charge is 0.255 e. The first-order chi connectivity index (χ1) is 9.67. The summed E-state index contributed by atoms with van der Waals surface area (Å²) in [7, 11) is 6.45. The molecule has 0 bridgehead atoms. The number of amides is 1. The molecule has 0 aliphatic heterocycles. The van der Waals surface area contributed by atoms with Gasteiger partial charge in [0.1, 0.15) is 5.75 Å². The van der Waals surface area contributed by atoms with E-state index in [1.807, 2.05) is 7.05 Å². The van der Waals surface area contributed by atoms with Crippen LogP contribution in [0.25, 0.3) is 0 Å². The van der Waals surface area contributed by atoms with Gasteiger partial charge >= 0.3 is 0 Å². The second kappa shape index (κ2) is 10.1. The summed E-state index contributed by atoms with van der Waals surface area (Å²) in [6, 6.07) is 3.26. The van der Waals surface area contributed by atoms with Crippen molar-refractivity contribution in [3.05, 3.63) is 17.7 Å². The zero-order valence-corrected chi connectivity index (χ0v) is 13.6. The van der Waals surface area contributed by atoms with E-state index in [1.54, 1.807) is 12.1 Å². The largest absolute Gasteiger partial charge is 0.496 e. The molecule has 0 saturated carbocycles. The molecule has 0 aromatic heterocycles. The third-order valence-electron chi connectivity index (χ3n) is 2.84. The Morgan fingerprint density at radius 3 is 2.10 bits per heavy atom. The maximum Gasteiger partial charge on any atom is 0.255 e. The van der Waals surface area contributed by atoms with Crippen molar-refractivity contribution in [2.45, 2.75) is 6.42 Å². The molecule has 7 heteroatoms. The quantitative estimate of drug-likeness (QED) is 0.711. The average molecular weight is 319 g/mol. The molecule has 0 saturated heterocycles. The summed E-state index contributed by atoms with van der Waals surface area (Å²) in [6.07, 6.45) is 0.859. The van der Waals surface area contributed by atoms with Gasteiger partial charge < -0.3 is 24.8 Å². The predicted octanol–water partition coefficient (Wildman–Crippen LogP) is 1.47. The van der Waals surface area contributed by atoms with Crippen molar-refractivity contribution in [3.8, 4) is 17.2 Å². The van der Waals surface area contributed by atoms with Gasteiger partial charge in [-0.3, -0.25) is 4.79 Å². The van der Waals surface area contributed by atoms with Crippen LogP contribution in [0.1, 0.15) is 16.8 Å². The summed E-state index contributed by atoms with van der Waals surface area (Å²) in [5.74, 6) is 1.28. The normalized spacial score (nSPS) is 9.52. The summed E-state index contributed by atoms with van der Waals surface area (Å²) >= 11 is 0. The Morgan fingerprint density at radius 1 is 1.00 bits per heavy atom. The molecule has 0 radical (unpaired) electrons. The molecular formula is C14H23ClN2O4. The fraction of sp³-hybridized carbons (Fsp3) is 0.500. The summed E-state index contributed by atoms with van der Waals surface area (Å²) in [6.45, 7) is 1.44. The number of hydrogen-bond donors (Lipinski definition) is 2. The molecule has 6 nitrogen and oxygen atoms in total. The fourth-order valence-electron chi connectivity index (χ4n) is 1.77. The third kappa shape index (κ3) is 5.32. The van der Waals surface area contributed by atoms with E-state index in [1.165, 1.54) is 21.3 Å². The molecule has 2 N–H and O–H groups in total. The third-order valence-corrected chi connectivity index (χ3v) is 2.84. The summed E-state index contributed by atoms with van der Waals surface area (Å²) in [5.41, 5.74) is 0.426. The van der Waals surface area contributed by atoms with Gasteiger partial charge in [-0.05, 0) is 20.0 Å². The standard InChI is InChI=1S/C14H22N2O4.ClH/c1-15-6-5-7-16-14(17)10-8-12(19-3)13(20-4)9-11(10)18-2;/h8-9,15H,5-7H2,1-4H3,(H,16,17);1H. The van der Waals surface area contributed by atoms with Crippen LogP contribution < -0.4 is 24.8 Å². The Balaban J connectivity index is 0.00000400. The molecule has 1 amide bonds. The molecule has 0 fully saturated rings. The molecule has 120 valence electrons. The lowest BCUT2D eigenvalue weighted by atomic mass is 10.1. The zero-order valence-electron chi connectivity index (χ0n) is 12.8. The molecular weight excluding hydrogens is 296 g/mol. The summed E-state index contributed by atoms with van der Waals surface area (Å²) in [4.78, 5) is 12.1. The molecule has 0 atom stereocenters. The molecule has 0 heterocycles. The molecule has 21 heavy (non-hydrogen) atoms. The van der Waals surface area contributed by atoms with Crippen LogP contribution in [-0.4, -0.2) is 47.4 Å². The Morgan fingerprint density at radius 2 is 1.57 bits per heavy atom. The van der Waals surface area contributed by atoms with Gasteiger partial charge in [-0.25, -0.2) is 0 Å². The maximum absolute atomic E-state index is 12.1. The molecule has 0 spiro atoms. The SMILES string of the molecule is CNCCCNC(=O)c1cc(OC)c(OC)cc1OC.Cl. The number of rotatable bonds is 8.